The maximum absolute atomic E-state index is 5.76. The Bertz CT molecular complexity index is 734. The van der Waals surface area contributed by atoms with Crippen LogP contribution in [0, 0.1) is 6.92 Å². The monoisotopic (exact) mass is 240 g/mol. The Morgan fingerprint density at radius 3 is 2.61 bits per heavy atom. The first kappa shape index (κ1) is 10.9. The summed E-state index contributed by atoms with van der Waals surface area (Å²) in [6, 6.07) is 8.39. The van der Waals surface area contributed by atoms with E-state index in [9.17, 15) is 0 Å². The van der Waals surface area contributed by atoms with Crippen molar-refractivity contribution in [2.75, 3.05) is 5.73 Å². The molecule has 0 aliphatic rings. The Kier molecular flexibility index (Phi) is 2.20. The molecule has 0 aliphatic heterocycles. The maximum atomic E-state index is 5.76. The van der Waals surface area contributed by atoms with Crippen LogP contribution in [0.2, 0.25) is 0 Å². The van der Waals surface area contributed by atoms with Gasteiger partial charge in [0.15, 0.2) is 0 Å². The smallest absolute Gasteiger partial charge is 0.146 e. The Morgan fingerprint density at radius 1 is 1.17 bits per heavy atom. The van der Waals surface area contributed by atoms with Gasteiger partial charge in [0.05, 0.1) is 5.69 Å². The number of hydrogen-bond donors (Lipinski definition) is 1. The van der Waals surface area contributed by atoms with E-state index in [1.54, 1.807) is 0 Å². The van der Waals surface area contributed by atoms with Crippen LogP contribution in [0.5, 0.6) is 0 Å². The van der Waals surface area contributed by atoms with Gasteiger partial charge in [0.25, 0.3) is 0 Å². The van der Waals surface area contributed by atoms with Crippen LogP contribution in [-0.2, 0) is 14.1 Å². The maximum Gasteiger partial charge on any atom is 0.146 e. The minimum Gasteiger partial charge on any atom is -0.382 e. The van der Waals surface area contributed by atoms with Crippen LogP contribution in [0.4, 0.5) is 5.82 Å². The van der Waals surface area contributed by atoms with Gasteiger partial charge < -0.3 is 10.3 Å². The molecule has 2 aromatic heterocycles. The van der Waals surface area contributed by atoms with E-state index >= 15 is 0 Å². The fraction of sp³-hybridized carbons (Fsp3) is 0.214. The minimum atomic E-state index is 0.553. The topological polar surface area (TPSA) is 48.8 Å². The molecule has 18 heavy (non-hydrogen) atoms. The second kappa shape index (κ2) is 3.63. The highest BCUT2D eigenvalue weighted by Gasteiger charge is 2.12. The molecule has 3 rings (SSSR count). The summed E-state index contributed by atoms with van der Waals surface area (Å²) in [6.45, 7) is 2.10. The lowest BCUT2D eigenvalue weighted by molar-refractivity contribution is 0.780. The summed E-state index contributed by atoms with van der Waals surface area (Å²) in [5.74, 6) is 0.553. The molecule has 0 fully saturated rings. The average molecular weight is 240 g/mol. The molecule has 2 heterocycles. The molecule has 4 nitrogen and oxygen atoms in total. The van der Waals surface area contributed by atoms with Crippen LogP contribution in [0.25, 0.3) is 22.2 Å². The highest BCUT2D eigenvalue weighted by Crippen LogP contribution is 2.31. The van der Waals surface area contributed by atoms with Crippen molar-refractivity contribution in [2.24, 2.45) is 14.1 Å². The standard InChI is InChI=1S/C14H16N4/c1-9-4-5-12-10(6-9)11(8-17(12)2)13-7-14(15)16-18(13)3/h4-8H,1-3H3,(H2,15,16). The first-order valence-electron chi connectivity index (χ1n) is 5.92. The number of rotatable bonds is 1. The highest BCUT2D eigenvalue weighted by molar-refractivity contribution is 5.96. The molecule has 2 N–H and O–H groups in total. The van der Waals surface area contributed by atoms with Crippen molar-refractivity contribution in [1.29, 1.82) is 0 Å². The fourth-order valence-electron chi connectivity index (χ4n) is 2.45. The molecular weight excluding hydrogens is 224 g/mol. The van der Waals surface area contributed by atoms with Crippen LogP contribution < -0.4 is 5.73 Å². The van der Waals surface area contributed by atoms with E-state index < -0.39 is 0 Å². The van der Waals surface area contributed by atoms with Crippen molar-refractivity contribution in [2.45, 2.75) is 6.92 Å². The Balaban J connectivity index is 2.35. The molecule has 0 aliphatic carbocycles. The van der Waals surface area contributed by atoms with Gasteiger partial charge in [-0.25, -0.2) is 0 Å². The molecule has 0 bridgehead atoms. The predicted molar refractivity (Wildman–Crippen MR) is 74.3 cm³/mol. The number of hydrogen-bond acceptors (Lipinski definition) is 2. The second-order valence-corrected chi connectivity index (χ2v) is 4.75. The van der Waals surface area contributed by atoms with Gasteiger partial charge in [-0.15, -0.1) is 0 Å². The molecule has 1 aromatic carbocycles. The number of nitrogen functional groups attached to an aromatic ring is 1. The highest BCUT2D eigenvalue weighted by atomic mass is 15.3. The minimum absolute atomic E-state index is 0.553. The van der Waals surface area contributed by atoms with Crippen LogP contribution >= 0.6 is 0 Å². The van der Waals surface area contributed by atoms with E-state index in [0.717, 1.165) is 5.69 Å². The summed E-state index contributed by atoms with van der Waals surface area (Å²) < 4.78 is 3.96. The summed E-state index contributed by atoms with van der Waals surface area (Å²) in [5.41, 5.74) is 10.4. The molecule has 0 amide bonds. The summed E-state index contributed by atoms with van der Waals surface area (Å²) in [6.07, 6.45) is 2.13. The Labute approximate surface area is 106 Å². The first-order valence-corrected chi connectivity index (χ1v) is 5.92. The first-order chi connectivity index (χ1) is 8.56. The number of benzene rings is 1. The van der Waals surface area contributed by atoms with Gasteiger partial charge in [-0.1, -0.05) is 11.6 Å². The average Bonchev–Trinajstić information content (AvgIpc) is 2.79. The molecule has 0 radical (unpaired) electrons. The molecular formula is C14H16N4. The van der Waals surface area contributed by atoms with Gasteiger partial charge in [-0.3, -0.25) is 4.68 Å². The van der Waals surface area contributed by atoms with E-state index in [0.29, 0.717) is 5.82 Å². The Morgan fingerprint density at radius 2 is 1.94 bits per heavy atom. The molecule has 0 saturated heterocycles. The van der Waals surface area contributed by atoms with Crippen LogP contribution in [-0.4, -0.2) is 14.3 Å². The SMILES string of the molecule is Cc1ccc2c(c1)c(-c1cc(N)nn1C)cn2C. The largest absolute Gasteiger partial charge is 0.382 e. The lowest BCUT2D eigenvalue weighted by atomic mass is 10.1. The van der Waals surface area contributed by atoms with Crippen molar-refractivity contribution in [1.82, 2.24) is 14.3 Å². The van der Waals surface area contributed by atoms with Crippen molar-refractivity contribution in [3.63, 3.8) is 0 Å². The number of nitrogens with zero attached hydrogens (tertiary/aromatic N) is 3. The number of fused-ring (bicyclic) bond motifs is 1. The molecule has 4 heteroatoms. The van der Waals surface area contributed by atoms with E-state index in [-0.39, 0.29) is 0 Å². The summed E-state index contributed by atoms with van der Waals surface area (Å²) in [7, 11) is 3.97. The molecule has 0 saturated carbocycles. The number of aromatic nitrogens is 3. The third-order valence-corrected chi connectivity index (χ3v) is 3.32. The summed E-state index contributed by atoms with van der Waals surface area (Å²) in [4.78, 5) is 0. The number of aryl methyl sites for hydroxylation is 3. The van der Waals surface area contributed by atoms with E-state index in [1.807, 2.05) is 17.8 Å². The van der Waals surface area contributed by atoms with Crippen molar-refractivity contribution >= 4 is 16.7 Å². The lowest BCUT2D eigenvalue weighted by Crippen LogP contribution is -1.94. The summed E-state index contributed by atoms with van der Waals surface area (Å²) in [5, 5.41) is 5.45. The molecule has 92 valence electrons. The fourth-order valence-corrected chi connectivity index (χ4v) is 2.45. The van der Waals surface area contributed by atoms with E-state index in [1.165, 1.54) is 22.0 Å². The lowest BCUT2D eigenvalue weighted by Gasteiger charge is -2.00. The van der Waals surface area contributed by atoms with Crippen LogP contribution in [0.3, 0.4) is 0 Å². The molecule has 0 unspecified atom stereocenters. The Hall–Kier alpha value is -2.23. The third-order valence-electron chi connectivity index (χ3n) is 3.32. The van der Waals surface area contributed by atoms with Crippen molar-refractivity contribution < 1.29 is 0 Å². The van der Waals surface area contributed by atoms with Gasteiger partial charge >= 0.3 is 0 Å². The molecule has 3 aromatic rings. The van der Waals surface area contributed by atoms with Crippen LogP contribution in [0.15, 0.2) is 30.5 Å². The quantitative estimate of drug-likeness (QED) is 0.710. The predicted octanol–water partition coefficient (Wildman–Crippen LogP) is 2.47. The zero-order valence-electron chi connectivity index (χ0n) is 10.8. The number of anilines is 1. The zero-order valence-corrected chi connectivity index (χ0v) is 10.8. The second-order valence-electron chi connectivity index (χ2n) is 4.75. The normalized spacial score (nSPS) is 11.3. The van der Waals surface area contributed by atoms with Gasteiger partial charge in [0.1, 0.15) is 5.82 Å². The zero-order chi connectivity index (χ0) is 12.9. The molecule has 0 atom stereocenters. The van der Waals surface area contributed by atoms with Crippen LogP contribution in [0.1, 0.15) is 5.56 Å². The van der Waals surface area contributed by atoms with Gasteiger partial charge in [0.2, 0.25) is 0 Å². The molecule has 0 spiro atoms. The van der Waals surface area contributed by atoms with Crippen molar-refractivity contribution in [3.05, 3.63) is 36.0 Å². The van der Waals surface area contributed by atoms with Gasteiger partial charge in [-0.05, 0) is 19.1 Å². The van der Waals surface area contributed by atoms with Gasteiger partial charge in [-0.2, -0.15) is 5.10 Å². The number of nitrogens with two attached hydrogens (primary N) is 1. The van der Waals surface area contributed by atoms with E-state index in [4.69, 9.17) is 5.73 Å². The third kappa shape index (κ3) is 1.49. The van der Waals surface area contributed by atoms with Gasteiger partial charge in [0, 0.05) is 42.8 Å². The van der Waals surface area contributed by atoms with Crippen molar-refractivity contribution in [3.8, 4) is 11.3 Å². The van der Waals surface area contributed by atoms with E-state index in [2.05, 4.69) is 48.0 Å². The summed E-state index contributed by atoms with van der Waals surface area (Å²) >= 11 is 0.